The fourth-order valence-corrected chi connectivity index (χ4v) is 3.18. The molecule has 0 bridgehead atoms. The molecule has 1 saturated heterocycles. The van der Waals surface area contributed by atoms with Gasteiger partial charge in [0.05, 0.1) is 5.75 Å². The van der Waals surface area contributed by atoms with E-state index >= 15 is 0 Å². The average molecular weight is 301 g/mol. The first-order chi connectivity index (χ1) is 8.91. The average Bonchev–Trinajstić information content (AvgIpc) is 2.88. The molecule has 1 aromatic heterocycles. The second kappa shape index (κ2) is 5.25. The third-order valence-corrected chi connectivity index (χ3v) is 4.90. The molecular formula is C10H11N3O4S2. The Balaban J connectivity index is 2.17. The molecule has 2 unspecified atom stereocenters. The molecule has 1 aliphatic rings. The molecule has 7 nitrogen and oxygen atoms in total. The topological polar surface area (TPSA) is 100 Å². The van der Waals surface area contributed by atoms with Crippen LogP contribution in [-0.4, -0.2) is 38.8 Å². The van der Waals surface area contributed by atoms with Crippen molar-refractivity contribution in [2.75, 3.05) is 10.7 Å². The molecule has 0 aromatic carbocycles. The fourth-order valence-electron chi connectivity index (χ4n) is 1.61. The normalized spacial score (nSPS) is 23.2. The molecule has 0 radical (unpaired) electrons. The van der Waals surface area contributed by atoms with Gasteiger partial charge in [0.25, 0.3) is 0 Å². The second-order valence-corrected chi connectivity index (χ2v) is 6.30. The Morgan fingerprint density at radius 2 is 1.89 bits per heavy atom. The van der Waals surface area contributed by atoms with E-state index in [0.717, 1.165) is 28.0 Å². The lowest BCUT2D eigenvalue weighted by Crippen LogP contribution is -2.30. The zero-order chi connectivity index (χ0) is 14.2. The maximum Gasteiger partial charge on any atom is 0.313 e. The van der Waals surface area contributed by atoms with E-state index in [9.17, 15) is 14.4 Å². The zero-order valence-corrected chi connectivity index (χ0v) is 11.8. The van der Waals surface area contributed by atoms with Crippen molar-refractivity contribution >= 4 is 46.0 Å². The monoisotopic (exact) mass is 301 g/mol. The molecule has 2 rings (SSSR count). The van der Waals surface area contributed by atoms with Crippen LogP contribution in [0.2, 0.25) is 0 Å². The summed E-state index contributed by atoms with van der Waals surface area (Å²) in [7, 11) is 0. The Bertz CT molecular complexity index is 525. The lowest BCUT2D eigenvalue weighted by Gasteiger charge is -2.08. The first-order valence-corrected chi connectivity index (χ1v) is 7.28. The molecule has 0 saturated carbocycles. The van der Waals surface area contributed by atoms with Crippen LogP contribution in [0.15, 0.2) is 4.34 Å². The molecule has 102 valence electrons. The van der Waals surface area contributed by atoms with Crippen molar-refractivity contribution in [3.05, 3.63) is 0 Å². The number of carbonyl (C=O) groups is 3. The van der Waals surface area contributed by atoms with Crippen LogP contribution in [0.25, 0.3) is 0 Å². The van der Waals surface area contributed by atoms with Gasteiger partial charge in [0.1, 0.15) is 0 Å². The summed E-state index contributed by atoms with van der Waals surface area (Å²) in [6, 6.07) is 0. The first kappa shape index (κ1) is 13.9. The summed E-state index contributed by atoms with van der Waals surface area (Å²) in [6.07, 6.45) is 0. The van der Waals surface area contributed by atoms with Gasteiger partial charge in [-0.25, -0.2) is 4.90 Å². The number of anilines is 1. The fraction of sp³-hybridized carbons (Fsp3) is 0.500. The van der Waals surface area contributed by atoms with Gasteiger partial charge in [0.15, 0.2) is 4.34 Å². The number of hydrogen-bond donors (Lipinski definition) is 1. The molecule has 1 aliphatic heterocycles. The van der Waals surface area contributed by atoms with E-state index in [2.05, 4.69) is 10.2 Å². The summed E-state index contributed by atoms with van der Waals surface area (Å²) in [6.45, 7) is 3.40. The van der Waals surface area contributed by atoms with Crippen LogP contribution < -0.4 is 4.90 Å². The number of thioether (sulfide) groups is 1. The summed E-state index contributed by atoms with van der Waals surface area (Å²) >= 11 is 2.05. The molecule has 9 heteroatoms. The van der Waals surface area contributed by atoms with Crippen LogP contribution in [0.3, 0.4) is 0 Å². The Labute approximate surface area is 117 Å². The lowest BCUT2D eigenvalue weighted by molar-refractivity contribution is -0.134. The highest BCUT2D eigenvalue weighted by Crippen LogP contribution is 2.34. The molecule has 1 N–H and O–H groups in total. The van der Waals surface area contributed by atoms with Crippen LogP contribution >= 0.6 is 23.1 Å². The van der Waals surface area contributed by atoms with Crippen molar-refractivity contribution in [1.29, 1.82) is 0 Å². The van der Waals surface area contributed by atoms with Crippen molar-refractivity contribution in [3.63, 3.8) is 0 Å². The van der Waals surface area contributed by atoms with E-state index < -0.39 is 5.97 Å². The summed E-state index contributed by atoms with van der Waals surface area (Å²) in [5.74, 6) is -2.41. The summed E-state index contributed by atoms with van der Waals surface area (Å²) in [5, 5.41) is 16.3. The molecule has 2 atom stereocenters. The standard InChI is InChI=1S/C10H11N3O4S2/c1-4-5(2)8(17)13(7(4)16)9-11-12-10(19-9)18-3-6(14)15/h4-5H,3H2,1-2H3,(H,14,15). The van der Waals surface area contributed by atoms with E-state index in [-0.39, 0.29) is 34.5 Å². The third-order valence-electron chi connectivity index (χ3n) is 2.88. The van der Waals surface area contributed by atoms with Gasteiger partial charge in [-0.2, -0.15) is 0 Å². The number of amides is 2. The zero-order valence-electron chi connectivity index (χ0n) is 10.2. The van der Waals surface area contributed by atoms with Gasteiger partial charge < -0.3 is 5.11 Å². The molecule has 1 aromatic rings. The Kier molecular flexibility index (Phi) is 3.85. The van der Waals surface area contributed by atoms with Gasteiger partial charge in [-0.3, -0.25) is 14.4 Å². The molecule has 1 fully saturated rings. The van der Waals surface area contributed by atoms with Crippen LogP contribution in [0.1, 0.15) is 13.8 Å². The number of carbonyl (C=O) groups excluding carboxylic acids is 2. The highest BCUT2D eigenvalue weighted by Gasteiger charge is 2.44. The van der Waals surface area contributed by atoms with E-state index in [1.54, 1.807) is 13.8 Å². The Hall–Kier alpha value is -1.48. The van der Waals surface area contributed by atoms with Crippen LogP contribution in [-0.2, 0) is 14.4 Å². The molecule has 2 amide bonds. The number of carboxylic acids is 1. The number of imide groups is 1. The maximum absolute atomic E-state index is 11.9. The SMILES string of the molecule is CC1C(=O)N(c2nnc(SCC(=O)O)s2)C(=O)C1C. The number of aliphatic carboxylic acids is 1. The van der Waals surface area contributed by atoms with Crippen molar-refractivity contribution in [3.8, 4) is 0 Å². The van der Waals surface area contributed by atoms with Crippen LogP contribution in [0.4, 0.5) is 5.13 Å². The quantitative estimate of drug-likeness (QED) is 0.500. The summed E-state index contributed by atoms with van der Waals surface area (Å²) < 4.78 is 0.421. The van der Waals surface area contributed by atoms with E-state index in [1.807, 2.05) is 0 Å². The van der Waals surface area contributed by atoms with Gasteiger partial charge in [0.2, 0.25) is 16.9 Å². The molecule has 2 heterocycles. The highest BCUT2D eigenvalue weighted by molar-refractivity contribution is 8.01. The first-order valence-electron chi connectivity index (χ1n) is 5.47. The number of rotatable bonds is 4. The predicted molar refractivity (Wildman–Crippen MR) is 69.1 cm³/mol. The minimum atomic E-state index is -0.961. The van der Waals surface area contributed by atoms with Gasteiger partial charge >= 0.3 is 5.97 Å². The second-order valence-electron chi connectivity index (χ2n) is 4.12. The van der Waals surface area contributed by atoms with E-state index in [1.165, 1.54) is 0 Å². The van der Waals surface area contributed by atoms with Crippen molar-refractivity contribution in [2.45, 2.75) is 18.2 Å². The smallest absolute Gasteiger partial charge is 0.313 e. The van der Waals surface area contributed by atoms with Gasteiger partial charge in [-0.15, -0.1) is 10.2 Å². The third kappa shape index (κ3) is 2.61. The van der Waals surface area contributed by atoms with Gasteiger partial charge in [0, 0.05) is 11.8 Å². The number of carboxylic acid groups (broad SMARTS) is 1. The summed E-state index contributed by atoms with van der Waals surface area (Å²) in [5.41, 5.74) is 0. The molecular weight excluding hydrogens is 290 g/mol. The molecule has 19 heavy (non-hydrogen) atoms. The van der Waals surface area contributed by atoms with E-state index in [4.69, 9.17) is 5.11 Å². The summed E-state index contributed by atoms with van der Waals surface area (Å²) in [4.78, 5) is 35.4. The molecule has 0 aliphatic carbocycles. The minimum Gasteiger partial charge on any atom is -0.481 e. The lowest BCUT2D eigenvalue weighted by atomic mass is 10.00. The number of aromatic nitrogens is 2. The van der Waals surface area contributed by atoms with Crippen molar-refractivity contribution in [1.82, 2.24) is 10.2 Å². The number of hydrogen-bond acceptors (Lipinski definition) is 7. The van der Waals surface area contributed by atoms with Gasteiger partial charge in [-0.05, 0) is 0 Å². The maximum atomic E-state index is 11.9. The largest absolute Gasteiger partial charge is 0.481 e. The van der Waals surface area contributed by atoms with Crippen LogP contribution in [0, 0.1) is 11.8 Å². The predicted octanol–water partition coefficient (Wildman–Crippen LogP) is 0.860. The minimum absolute atomic E-state index is 0.136. The van der Waals surface area contributed by atoms with Crippen molar-refractivity contribution in [2.24, 2.45) is 11.8 Å². The Morgan fingerprint density at radius 3 is 2.42 bits per heavy atom. The number of nitrogens with zero attached hydrogens (tertiary/aromatic N) is 3. The van der Waals surface area contributed by atoms with Crippen LogP contribution in [0.5, 0.6) is 0 Å². The molecule has 0 spiro atoms. The van der Waals surface area contributed by atoms with Gasteiger partial charge in [-0.1, -0.05) is 36.9 Å². The van der Waals surface area contributed by atoms with Crippen molar-refractivity contribution < 1.29 is 19.5 Å². The Morgan fingerprint density at radius 1 is 1.32 bits per heavy atom. The highest BCUT2D eigenvalue weighted by atomic mass is 32.2. The van der Waals surface area contributed by atoms with E-state index in [0.29, 0.717) is 4.34 Å².